The topological polar surface area (TPSA) is 26.3 Å². The van der Waals surface area contributed by atoms with Gasteiger partial charge < -0.3 is 8.83 Å². The highest BCUT2D eigenvalue weighted by molar-refractivity contribution is 5.22. The van der Waals surface area contributed by atoms with Gasteiger partial charge in [-0.2, -0.15) is 0 Å². The summed E-state index contributed by atoms with van der Waals surface area (Å²) in [5, 5.41) is 0. The van der Waals surface area contributed by atoms with Crippen LogP contribution in [0, 0.1) is 13.8 Å². The average molecular weight is 190 g/mol. The summed E-state index contributed by atoms with van der Waals surface area (Å²) < 4.78 is 10.4. The van der Waals surface area contributed by atoms with Crippen molar-refractivity contribution in [1.29, 1.82) is 0 Å². The lowest BCUT2D eigenvalue weighted by Crippen LogP contribution is -1.91. The molecule has 0 aliphatic rings. The van der Waals surface area contributed by atoms with Crippen LogP contribution in [-0.4, -0.2) is 0 Å². The largest absolute Gasteiger partial charge is 0.472 e. The van der Waals surface area contributed by atoms with E-state index in [1.54, 1.807) is 12.5 Å². The van der Waals surface area contributed by atoms with Crippen molar-refractivity contribution in [2.45, 2.75) is 26.7 Å². The molecule has 0 aromatic carbocycles. The lowest BCUT2D eigenvalue weighted by atomic mass is 10.1. The molecule has 0 aliphatic carbocycles. The van der Waals surface area contributed by atoms with Crippen LogP contribution in [0.25, 0.3) is 0 Å². The molecule has 2 rings (SSSR count). The minimum atomic E-state index is 1.02. The monoisotopic (exact) mass is 190 g/mol. The van der Waals surface area contributed by atoms with Gasteiger partial charge in [0, 0.05) is 0 Å². The second-order valence-electron chi connectivity index (χ2n) is 3.58. The van der Waals surface area contributed by atoms with E-state index >= 15 is 0 Å². The number of rotatable bonds is 3. The van der Waals surface area contributed by atoms with Crippen molar-refractivity contribution in [1.82, 2.24) is 0 Å². The smallest absolute Gasteiger partial charge is 0.103 e. The molecule has 0 bridgehead atoms. The third-order valence-electron chi connectivity index (χ3n) is 2.59. The fraction of sp³-hybridized carbons (Fsp3) is 0.333. The third-order valence-corrected chi connectivity index (χ3v) is 2.59. The molecule has 0 spiro atoms. The summed E-state index contributed by atoms with van der Waals surface area (Å²) in [6.07, 6.45) is 7.39. The van der Waals surface area contributed by atoms with Crippen LogP contribution < -0.4 is 0 Å². The first kappa shape index (κ1) is 9.13. The highest BCUT2D eigenvalue weighted by Crippen LogP contribution is 2.15. The molecule has 0 radical (unpaired) electrons. The Bertz CT molecular complexity index is 369. The summed E-state index contributed by atoms with van der Waals surface area (Å²) >= 11 is 0. The Kier molecular flexibility index (Phi) is 2.44. The summed E-state index contributed by atoms with van der Waals surface area (Å²) in [6.45, 7) is 4.07. The number of furan rings is 2. The van der Waals surface area contributed by atoms with E-state index in [9.17, 15) is 0 Å². The van der Waals surface area contributed by atoms with Crippen LogP contribution in [0.5, 0.6) is 0 Å². The Hall–Kier alpha value is -1.44. The number of hydrogen-bond acceptors (Lipinski definition) is 2. The van der Waals surface area contributed by atoms with Crippen LogP contribution in [0.4, 0.5) is 0 Å². The molecule has 14 heavy (non-hydrogen) atoms. The molecule has 0 saturated carbocycles. The minimum absolute atomic E-state index is 1.02. The first-order valence-electron chi connectivity index (χ1n) is 4.82. The lowest BCUT2D eigenvalue weighted by molar-refractivity contribution is 0.529. The molecule has 0 fully saturated rings. The van der Waals surface area contributed by atoms with Crippen LogP contribution in [0.3, 0.4) is 0 Å². The minimum Gasteiger partial charge on any atom is -0.472 e. The van der Waals surface area contributed by atoms with Gasteiger partial charge >= 0.3 is 0 Å². The van der Waals surface area contributed by atoms with E-state index in [2.05, 4.69) is 6.92 Å². The van der Waals surface area contributed by atoms with Gasteiger partial charge in [-0.15, -0.1) is 0 Å². The Morgan fingerprint density at radius 2 is 1.86 bits per heavy atom. The second kappa shape index (κ2) is 3.74. The molecule has 2 heteroatoms. The summed E-state index contributed by atoms with van der Waals surface area (Å²) in [5.74, 6) is 1.02. The van der Waals surface area contributed by atoms with Crippen molar-refractivity contribution in [2.75, 3.05) is 0 Å². The van der Waals surface area contributed by atoms with Crippen molar-refractivity contribution in [3.63, 3.8) is 0 Å². The van der Waals surface area contributed by atoms with Crippen molar-refractivity contribution in [3.8, 4) is 0 Å². The Labute approximate surface area is 83.5 Å². The fourth-order valence-corrected chi connectivity index (χ4v) is 1.58. The molecule has 0 aliphatic heterocycles. The van der Waals surface area contributed by atoms with Crippen molar-refractivity contribution in [2.24, 2.45) is 0 Å². The summed E-state index contributed by atoms with van der Waals surface area (Å²) in [4.78, 5) is 0. The van der Waals surface area contributed by atoms with Gasteiger partial charge in [0.2, 0.25) is 0 Å². The fourth-order valence-electron chi connectivity index (χ4n) is 1.58. The van der Waals surface area contributed by atoms with Gasteiger partial charge in [0.15, 0.2) is 0 Å². The van der Waals surface area contributed by atoms with E-state index in [1.807, 2.05) is 19.3 Å². The van der Waals surface area contributed by atoms with Gasteiger partial charge in [0.25, 0.3) is 0 Å². The summed E-state index contributed by atoms with van der Waals surface area (Å²) in [6, 6.07) is 2.03. The van der Waals surface area contributed by atoms with Gasteiger partial charge in [-0.05, 0) is 49.4 Å². The molecule has 0 saturated heterocycles. The predicted octanol–water partition coefficient (Wildman–Crippen LogP) is 3.27. The maximum absolute atomic E-state index is 5.24. The van der Waals surface area contributed by atoms with Crippen molar-refractivity contribution >= 4 is 0 Å². The Morgan fingerprint density at radius 1 is 1.07 bits per heavy atom. The van der Waals surface area contributed by atoms with Crippen LogP contribution in [0.2, 0.25) is 0 Å². The van der Waals surface area contributed by atoms with Gasteiger partial charge in [-0.1, -0.05) is 0 Å². The van der Waals surface area contributed by atoms with Gasteiger partial charge in [0.1, 0.15) is 5.76 Å². The quantitative estimate of drug-likeness (QED) is 0.742. The van der Waals surface area contributed by atoms with E-state index in [-0.39, 0.29) is 0 Å². The van der Waals surface area contributed by atoms with Crippen LogP contribution in [0.15, 0.2) is 33.7 Å². The van der Waals surface area contributed by atoms with E-state index in [1.165, 1.54) is 16.7 Å². The first-order valence-corrected chi connectivity index (χ1v) is 4.82. The van der Waals surface area contributed by atoms with E-state index in [0.717, 1.165) is 18.6 Å². The Morgan fingerprint density at radius 3 is 2.43 bits per heavy atom. The molecule has 0 atom stereocenters. The molecule has 0 N–H and O–H groups in total. The molecule has 2 heterocycles. The summed E-state index contributed by atoms with van der Waals surface area (Å²) in [7, 11) is 0. The van der Waals surface area contributed by atoms with Gasteiger partial charge in [-0.25, -0.2) is 0 Å². The molecular formula is C12H14O2. The Balaban J connectivity index is 2.02. The maximum Gasteiger partial charge on any atom is 0.103 e. The molecule has 0 unspecified atom stereocenters. The van der Waals surface area contributed by atoms with E-state index in [0.29, 0.717) is 0 Å². The average Bonchev–Trinajstić information content (AvgIpc) is 2.72. The molecular weight excluding hydrogens is 176 g/mol. The van der Waals surface area contributed by atoms with E-state index < -0.39 is 0 Å². The standard InChI is InChI=1S/C12H14O2/c1-9-7-13-8-12(9)4-3-11-5-6-14-10(11)2/h5-8H,3-4H2,1-2H3. The van der Waals surface area contributed by atoms with Crippen molar-refractivity contribution < 1.29 is 8.83 Å². The molecule has 2 aromatic heterocycles. The SMILES string of the molecule is Cc1cocc1CCc1ccoc1C. The molecule has 2 aromatic rings. The summed E-state index contributed by atoms with van der Waals surface area (Å²) in [5.41, 5.74) is 3.79. The van der Waals surface area contributed by atoms with Crippen LogP contribution >= 0.6 is 0 Å². The van der Waals surface area contributed by atoms with Crippen LogP contribution in [-0.2, 0) is 12.8 Å². The highest BCUT2D eigenvalue weighted by Gasteiger charge is 2.04. The van der Waals surface area contributed by atoms with Crippen molar-refractivity contribution in [3.05, 3.63) is 47.3 Å². The first-order chi connectivity index (χ1) is 6.77. The third kappa shape index (κ3) is 1.74. The van der Waals surface area contributed by atoms with Crippen LogP contribution in [0.1, 0.15) is 22.5 Å². The number of hydrogen-bond donors (Lipinski definition) is 0. The molecule has 74 valence electrons. The van der Waals surface area contributed by atoms with Gasteiger partial charge in [-0.3, -0.25) is 0 Å². The maximum atomic E-state index is 5.24. The van der Waals surface area contributed by atoms with Gasteiger partial charge in [0.05, 0.1) is 18.8 Å². The molecule has 0 amide bonds. The number of aryl methyl sites for hydroxylation is 4. The zero-order valence-corrected chi connectivity index (χ0v) is 8.54. The normalized spacial score (nSPS) is 10.7. The second-order valence-corrected chi connectivity index (χ2v) is 3.58. The lowest BCUT2D eigenvalue weighted by Gasteiger charge is -1.98. The highest BCUT2D eigenvalue weighted by atomic mass is 16.3. The molecule has 2 nitrogen and oxygen atoms in total. The van der Waals surface area contributed by atoms with E-state index in [4.69, 9.17) is 8.83 Å². The zero-order chi connectivity index (χ0) is 9.97. The predicted molar refractivity (Wildman–Crippen MR) is 54.3 cm³/mol. The zero-order valence-electron chi connectivity index (χ0n) is 8.54.